The van der Waals surface area contributed by atoms with Gasteiger partial charge in [-0.05, 0) is 37.5 Å². The van der Waals surface area contributed by atoms with Crippen LogP contribution in [-0.4, -0.2) is 63.3 Å². The molecule has 0 bridgehead atoms. The maximum Gasteiger partial charge on any atom is 0.288 e. The molecule has 2 aromatic rings. The molecule has 154 valence electrons. The molecule has 2 aliphatic heterocycles. The van der Waals surface area contributed by atoms with Crippen LogP contribution in [0.1, 0.15) is 39.4 Å². The van der Waals surface area contributed by atoms with E-state index in [1.54, 1.807) is 28.0 Å². The lowest BCUT2D eigenvalue weighted by Gasteiger charge is -2.34. The first-order chi connectivity index (χ1) is 14.0. The highest BCUT2D eigenvalue weighted by molar-refractivity contribution is 7.99. The number of fused-ring (bicyclic) bond motifs is 1. The number of nitrogens with zero attached hydrogens (tertiary/aromatic N) is 4. The summed E-state index contributed by atoms with van der Waals surface area (Å²) in [5, 5.41) is 4.44. The second-order valence-corrected chi connectivity index (χ2v) is 8.19. The number of alkyl halides is 2. The first-order valence-corrected chi connectivity index (χ1v) is 10.6. The number of thioether (sulfide) groups is 1. The first kappa shape index (κ1) is 19.9. The minimum absolute atomic E-state index is 0.118. The molecule has 0 unspecified atom stereocenters. The summed E-state index contributed by atoms with van der Waals surface area (Å²) in [5.74, 6) is -2.98. The SMILES string of the molecule is O=C(c1cc2n(n1)CCCC2)N1CCN(C(=O)c2ccccc2SC(F)F)CC1. The molecule has 0 N–H and O–H groups in total. The van der Waals surface area contributed by atoms with Gasteiger partial charge in [-0.3, -0.25) is 14.3 Å². The zero-order valence-electron chi connectivity index (χ0n) is 15.9. The zero-order valence-corrected chi connectivity index (χ0v) is 16.7. The van der Waals surface area contributed by atoms with Crippen molar-refractivity contribution in [3.63, 3.8) is 0 Å². The van der Waals surface area contributed by atoms with Gasteiger partial charge in [0.25, 0.3) is 17.6 Å². The summed E-state index contributed by atoms with van der Waals surface area (Å²) in [5.41, 5.74) is 1.83. The van der Waals surface area contributed by atoms with E-state index in [9.17, 15) is 18.4 Å². The number of aromatic nitrogens is 2. The fourth-order valence-corrected chi connectivity index (χ4v) is 4.44. The van der Waals surface area contributed by atoms with Gasteiger partial charge in [0.05, 0.1) is 5.56 Å². The van der Waals surface area contributed by atoms with Gasteiger partial charge >= 0.3 is 0 Å². The van der Waals surface area contributed by atoms with Crippen molar-refractivity contribution in [2.45, 2.75) is 36.5 Å². The Morgan fingerprint density at radius 1 is 0.966 bits per heavy atom. The van der Waals surface area contributed by atoms with Crippen molar-refractivity contribution >= 4 is 23.6 Å². The smallest absolute Gasteiger partial charge is 0.288 e. The van der Waals surface area contributed by atoms with E-state index in [4.69, 9.17) is 0 Å². The van der Waals surface area contributed by atoms with Gasteiger partial charge in [0.15, 0.2) is 5.69 Å². The maximum absolute atomic E-state index is 12.8. The maximum atomic E-state index is 12.8. The van der Waals surface area contributed by atoms with Crippen molar-refractivity contribution in [1.29, 1.82) is 0 Å². The van der Waals surface area contributed by atoms with Crippen LogP contribution >= 0.6 is 11.8 Å². The third-order valence-electron chi connectivity index (χ3n) is 5.32. The Labute approximate surface area is 171 Å². The Balaban J connectivity index is 1.40. The highest BCUT2D eigenvalue weighted by Crippen LogP contribution is 2.29. The van der Waals surface area contributed by atoms with Gasteiger partial charge in [-0.25, -0.2) is 0 Å². The fourth-order valence-electron chi connectivity index (χ4n) is 3.81. The Kier molecular flexibility index (Phi) is 5.84. The van der Waals surface area contributed by atoms with Gasteiger partial charge in [0.2, 0.25) is 0 Å². The van der Waals surface area contributed by atoms with Crippen molar-refractivity contribution in [3.8, 4) is 0 Å². The van der Waals surface area contributed by atoms with Crippen molar-refractivity contribution < 1.29 is 18.4 Å². The zero-order chi connectivity index (χ0) is 20.4. The van der Waals surface area contributed by atoms with Crippen LogP contribution in [0.15, 0.2) is 35.2 Å². The third kappa shape index (κ3) is 4.29. The van der Waals surface area contributed by atoms with Gasteiger partial charge < -0.3 is 9.80 Å². The molecule has 1 fully saturated rings. The van der Waals surface area contributed by atoms with Crippen LogP contribution < -0.4 is 0 Å². The summed E-state index contributed by atoms with van der Waals surface area (Å²) >= 11 is 0.377. The number of carbonyl (C=O) groups excluding carboxylic acids is 2. The molecule has 0 spiro atoms. The third-order valence-corrected chi connectivity index (χ3v) is 6.11. The van der Waals surface area contributed by atoms with Gasteiger partial charge in [-0.2, -0.15) is 13.9 Å². The summed E-state index contributed by atoms with van der Waals surface area (Å²) in [6.45, 7) is 2.38. The molecule has 3 heterocycles. The quantitative estimate of drug-likeness (QED) is 0.713. The van der Waals surface area contributed by atoms with Crippen LogP contribution in [0, 0.1) is 0 Å². The molecule has 1 saturated heterocycles. The largest absolute Gasteiger partial charge is 0.335 e. The Hall–Kier alpha value is -2.42. The molecule has 9 heteroatoms. The highest BCUT2D eigenvalue weighted by Gasteiger charge is 2.28. The minimum Gasteiger partial charge on any atom is -0.335 e. The minimum atomic E-state index is -2.58. The van der Waals surface area contributed by atoms with Gasteiger partial charge in [0, 0.05) is 43.3 Å². The Morgan fingerprint density at radius 3 is 2.34 bits per heavy atom. The summed E-state index contributed by atoms with van der Waals surface area (Å²) in [7, 11) is 0. The molecular formula is C20H22F2N4O2S. The Bertz CT molecular complexity index is 886. The van der Waals surface area contributed by atoms with Crippen molar-refractivity contribution in [2.75, 3.05) is 26.2 Å². The van der Waals surface area contributed by atoms with Crippen LogP contribution in [0.3, 0.4) is 0 Å². The molecule has 4 rings (SSSR count). The Morgan fingerprint density at radius 2 is 1.66 bits per heavy atom. The molecule has 0 aliphatic carbocycles. The van der Waals surface area contributed by atoms with Crippen LogP contribution in [0.2, 0.25) is 0 Å². The number of amides is 2. The number of hydrogen-bond acceptors (Lipinski definition) is 4. The predicted octanol–water partition coefficient (Wildman–Crippen LogP) is 3.13. The number of hydrogen-bond donors (Lipinski definition) is 0. The molecule has 0 saturated carbocycles. The second-order valence-electron chi connectivity index (χ2n) is 7.16. The molecule has 1 aromatic carbocycles. The lowest BCUT2D eigenvalue weighted by Crippen LogP contribution is -2.50. The number of aryl methyl sites for hydroxylation is 2. The molecule has 1 aromatic heterocycles. The van der Waals surface area contributed by atoms with E-state index in [1.165, 1.54) is 6.07 Å². The van der Waals surface area contributed by atoms with Crippen LogP contribution in [0.25, 0.3) is 0 Å². The average molecular weight is 420 g/mol. The van der Waals surface area contributed by atoms with Crippen LogP contribution in [0.4, 0.5) is 8.78 Å². The topological polar surface area (TPSA) is 58.4 Å². The molecule has 29 heavy (non-hydrogen) atoms. The number of carbonyl (C=O) groups is 2. The summed E-state index contributed by atoms with van der Waals surface area (Å²) in [4.78, 5) is 29.2. The molecule has 2 aliphatic rings. The van der Waals surface area contributed by atoms with E-state index < -0.39 is 5.76 Å². The second kappa shape index (κ2) is 8.52. The number of halogens is 2. The number of rotatable bonds is 4. The number of piperazine rings is 1. The average Bonchev–Trinajstić information content (AvgIpc) is 3.17. The summed E-state index contributed by atoms with van der Waals surface area (Å²) in [6, 6.07) is 8.28. The molecule has 2 amide bonds. The van der Waals surface area contributed by atoms with Gasteiger partial charge in [0.1, 0.15) is 0 Å². The molecule has 0 radical (unpaired) electrons. The lowest BCUT2D eigenvalue weighted by molar-refractivity contribution is 0.0530. The summed E-state index contributed by atoms with van der Waals surface area (Å²) < 4.78 is 27.5. The van der Waals surface area contributed by atoms with E-state index in [0.29, 0.717) is 43.6 Å². The van der Waals surface area contributed by atoms with Crippen molar-refractivity contribution in [1.82, 2.24) is 19.6 Å². The monoisotopic (exact) mass is 420 g/mol. The van der Waals surface area contributed by atoms with Gasteiger partial charge in [-0.1, -0.05) is 23.9 Å². The molecule has 6 nitrogen and oxygen atoms in total. The van der Waals surface area contributed by atoms with Crippen molar-refractivity contribution in [3.05, 3.63) is 47.3 Å². The lowest BCUT2D eigenvalue weighted by atomic mass is 10.1. The molecule has 0 atom stereocenters. The first-order valence-electron chi connectivity index (χ1n) is 9.72. The van der Waals surface area contributed by atoms with Crippen LogP contribution in [-0.2, 0) is 13.0 Å². The standard InChI is InChI=1S/C20H22F2N4O2S/c21-20(22)29-17-7-2-1-6-15(17)18(27)24-9-11-25(12-10-24)19(28)16-13-14-5-3-4-8-26(14)23-16/h1-2,6-7,13,20H,3-5,8-12H2. The van der Waals surface area contributed by atoms with Gasteiger partial charge in [-0.15, -0.1) is 0 Å². The fraction of sp³-hybridized carbons (Fsp3) is 0.450. The van der Waals surface area contributed by atoms with E-state index in [0.717, 1.165) is 31.5 Å². The molecular weight excluding hydrogens is 398 g/mol. The number of benzene rings is 1. The van der Waals surface area contributed by atoms with E-state index >= 15 is 0 Å². The van der Waals surface area contributed by atoms with E-state index in [1.807, 2.05) is 10.7 Å². The normalized spacial score (nSPS) is 16.8. The van der Waals surface area contributed by atoms with Crippen LogP contribution in [0.5, 0.6) is 0 Å². The highest BCUT2D eigenvalue weighted by atomic mass is 32.2. The van der Waals surface area contributed by atoms with E-state index in [2.05, 4.69) is 5.10 Å². The predicted molar refractivity (Wildman–Crippen MR) is 105 cm³/mol. The summed E-state index contributed by atoms with van der Waals surface area (Å²) in [6.07, 6.45) is 3.14. The van der Waals surface area contributed by atoms with E-state index in [-0.39, 0.29) is 22.3 Å². The van der Waals surface area contributed by atoms with Crippen molar-refractivity contribution in [2.24, 2.45) is 0 Å².